The highest BCUT2D eigenvalue weighted by Crippen LogP contribution is 2.30. The molecule has 1 aliphatic heterocycles. The van der Waals surface area contributed by atoms with Gasteiger partial charge in [-0.1, -0.05) is 0 Å². The van der Waals surface area contributed by atoms with Crippen molar-refractivity contribution >= 4 is 23.1 Å². The molecule has 0 radical (unpaired) electrons. The number of thiophene rings is 1. The van der Waals surface area contributed by atoms with Gasteiger partial charge in [-0.25, -0.2) is 9.18 Å². The van der Waals surface area contributed by atoms with Crippen molar-refractivity contribution in [1.82, 2.24) is 15.1 Å². The number of hydrogen-bond acceptors (Lipinski definition) is 5. The summed E-state index contributed by atoms with van der Waals surface area (Å²) in [6.07, 6.45) is 1.53. The van der Waals surface area contributed by atoms with Crippen molar-refractivity contribution in [2.45, 2.75) is 18.8 Å². The zero-order chi connectivity index (χ0) is 17.9. The summed E-state index contributed by atoms with van der Waals surface area (Å²) >= 11 is 1.58. The van der Waals surface area contributed by atoms with E-state index < -0.39 is 0 Å². The van der Waals surface area contributed by atoms with Crippen LogP contribution in [0.2, 0.25) is 0 Å². The second-order valence-electron chi connectivity index (χ2n) is 6.16. The SMILES string of the molecule is O=C(Nc1ccc(F)cc1)N1CCC(c2nnc(-c3ccsc3)o2)CC1. The third-order valence-electron chi connectivity index (χ3n) is 4.44. The zero-order valence-corrected chi connectivity index (χ0v) is 14.7. The number of carbonyl (C=O) groups excluding carboxylic acids is 1. The summed E-state index contributed by atoms with van der Waals surface area (Å²) in [7, 11) is 0. The number of halogens is 1. The predicted molar refractivity (Wildman–Crippen MR) is 96.6 cm³/mol. The molecular weight excluding hydrogens is 355 g/mol. The summed E-state index contributed by atoms with van der Waals surface area (Å²) in [5.74, 6) is 0.998. The van der Waals surface area contributed by atoms with Crippen molar-refractivity contribution < 1.29 is 13.6 Å². The van der Waals surface area contributed by atoms with Gasteiger partial charge in [-0.3, -0.25) is 0 Å². The number of rotatable bonds is 3. The monoisotopic (exact) mass is 372 g/mol. The van der Waals surface area contributed by atoms with Crippen LogP contribution in [0.1, 0.15) is 24.7 Å². The minimum Gasteiger partial charge on any atom is -0.420 e. The number of hydrogen-bond donors (Lipinski definition) is 1. The third-order valence-corrected chi connectivity index (χ3v) is 5.12. The highest BCUT2D eigenvalue weighted by atomic mass is 32.1. The molecule has 1 N–H and O–H groups in total. The highest BCUT2D eigenvalue weighted by Gasteiger charge is 2.27. The van der Waals surface area contributed by atoms with E-state index in [-0.39, 0.29) is 17.8 Å². The molecule has 3 aromatic rings. The van der Waals surface area contributed by atoms with Crippen molar-refractivity contribution in [3.05, 3.63) is 52.8 Å². The standard InChI is InChI=1S/C18H17FN4O2S/c19-14-1-3-15(4-2-14)20-18(24)23-8-5-12(6-9-23)16-21-22-17(25-16)13-7-10-26-11-13/h1-4,7,10-12H,5-6,8-9H2,(H,20,24). The summed E-state index contributed by atoms with van der Waals surface area (Å²) in [4.78, 5) is 14.1. The van der Waals surface area contributed by atoms with Gasteiger partial charge in [-0.05, 0) is 48.6 Å². The number of aromatic nitrogens is 2. The molecule has 3 heterocycles. The lowest BCUT2D eigenvalue weighted by molar-refractivity contribution is 0.190. The highest BCUT2D eigenvalue weighted by molar-refractivity contribution is 7.08. The summed E-state index contributed by atoms with van der Waals surface area (Å²) in [6, 6.07) is 7.50. The molecule has 1 fully saturated rings. The maximum absolute atomic E-state index is 12.9. The van der Waals surface area contributed by atoms with Crippen LogP contribution in [0.25, 0.3) is 11.5 Å². The van der Waals surface area contributed by atoms with Crippen molar-refractivity contribution in [1.29, 1.82) is 0 Å². The maximum Gasteiger partial charge on any atom is 0.321 e. The first kappa shape index (κ1) is 16.7. The van der Waals surface area contributed by atoms with E-state index in [2.05, 4.69) is 15.5 Å². The number of likely N-dealkylation sites (tertiary alicyclic amines) is 1. The van der Waals surface area contributed by atoms with Gasteiger partial charge in [-0.2, -0.15) is 11.3 Å². The van der Waals surface area contributed by atoms with Gasteiger partial charge in [0.25, 0.3) is 0 Å². The van der Waals surface area contributed by atoms with E-state index >= 15 is 0 Å². The molecule has 2 aromatic heterocycles. The molecule has 0 saturated carbocycles. The lowest BCUT2D eigenvalue weighted by Crippen LogP contribution is -2.40. The molecule has 134 valence electrons. The molecule has 0 aliphatic carbocycles. The summed E-state index contributed by atoms with van der Waals surface area (Å²) in [5, 5.41) is 15.0. The van der Waals surface area contributed by atoms with E-state index in [1.807, 2.05) is 16.8 Å². The minimum absolute atomic E-state index is 0.157. The third kappa shape index (κ3) is 3.60. The average Bonchev–Trinajstić information content (AvgIpc) is 3.35. The Kier molecular flexibility index (Phi) is 4.66. The smallest absolute Gasteiger partial charge is 0.321 e. The van der Waals surface area contributed by atoms with E-state index in [9.17, 15) is 9.18 Å². The Hall–Kier alpha value is -2.74. The topological polar surface area (TPSA) is 71.3 Å². The van der Waals surface area contributed by atoms with Crippen LogP contribution in [0, 0.1) is 5.82 Å². The van der Waals surface area contributed by atoms with Gasteiger partial charge < -0.3 is 14.6 Å². The summed E-state index contributed by atoms with van der Waals surface area (Å²) in [5.41, 5.74) is 1.51. The van der Waals surface area contributed by atoms with Crippen LogP contribution in [0.5, 0.6) is 0 Å². The van der Waals surface area contributed by atoms with Gasteiger partial charge in [0.15, 0.2) is 0 Å². The fourth-order valence-corrected chi connectivity index (χ4v) is 3.60. The molecule has 26 heavy (non-hydrogen) atoms. The van der Waals surface area contributed by atoms with Crippen LogP contribution in [0.4, 0.5) is 14.9 Å². The molecule has 1 aliphatic rings. The number of nitrogens with one attached hydrogen (secondary N) is 1. The molecule has 6 nitrogen and oxygen atoms in total. The van der Waals surface area contributed by atoms with Gasteiger partial charge in [0.1, 0.15) is 5.82 Å². The number of amides is 2. The maximum atomic E-state index is 12.9. The second-order valence-corrected chi connectivity index (χ2v) is 6.94. The first-order valence-corrected chi connectivity index (χ1v) is 9.31. The van der Waals surface area contributed by atoms with E-state index in [1.165, 1.54) is 12.1 Å². The fourth-order valence-electron chi connectivity index (χ4n) is 2.97. The van der Waals surface area contributed by atoms with Crippen LogP contribution < -0.4 is 5.32 Å². The molecule has 1 aromatic carbocycles. The second kappa shape index (κ2) is 7.25. The molecule has 8 heteroatoms. The number of anilines is 1. The molecule has 0 atom stereocenters. The van der Waals surface area contributed by atoms with Crippen LogP contribution in [-0.4, -0.2) is 34.2 Å². The lowest BCUT2D eigenvalue weighted by atomic mass is 9.97. The van der Waals surface area contributed by atoms with E-state index in [1.54, 1.807) is 28.4 Å². The Balaban J connectivity index is 1.33. The number of piperidine rings is 1. The predicted octanol–water partition coefficient (Wildman–Crippen LogP) is 4.35. The van der Waals surface area contributed by atoms with Crippen molar-refractivity contribution in [2.75, 3.05) is 18.4 Å². The molecule has 0 unspecified atom stereocenters. The minimum atomic E-state index is -0.329. The quantitative estimate of drug-likeness (QED) is 0.742. The van der Waals surface area contributed by atoms with Crippen LogP contribution in [0.3, 0.4) is 0 Å². The van der Waals surface area contributed by atoms with Crippen LogP contribution in [0.15, 0.2) is 45.5 Å². The number of nitrogens with zero attached hydrogens (tertiary/aromatic N) is 3. The number of benzene rings is 1. The normalized spacial score (nSPS) is 15.2. The van der Waals surface area contributed by atoms with Crippen LogP contribution in [-0.2, 0) is 0 Å². The van der Waals surface area contributed by atoms with Crippen molar-refractivity contribution in [3.63, 3.8) is 0 Å². The lowest BCUT2D eigenvalue weighted by Gasteiger charge is -2.30. The van der Waals surface area contributed by atoms with Gasteiger partial charge >= 0.3 is 6.03 Å². The Morgan fingerprint density at radius 3 is 2.65 bits per heavy atom. The average molecular weight is 372 g/mol. The molecule has 4 rings (SSSR count). The summed E-state index contributed by atoms with van der Waals surface area (Å²) in [6.45, 7) is 1.21. The molecule has 0 spiro atoms. The fraction of sp³-hybridized carbons (Fsp3) is 0.278. The van der Waals surface area contributed by atoms with E-state index in [4.69, 9.17) is 4.42 Å². The van der Waals surface area contributed by atoms with Gasteiger partial charge in [0.05, 0.1) is 0 Å². The Labute approximate surface area is 153 Å². The number of urea groups is 1. The first-order chi connectivity index (χ1) is 12.7. The van der Waals surface area contributed by atoms with E-state index in [0.717, 1.165) is 18.4 Å². The van der Waals surface area contributed by atoms with Gasteiger partial charge in [0, 0.05) is 35.6 Å². The van der Waals surface area contributed by atoms with Crippen molar-refractivity contribution in [2.24, 2.45) is 0 Å². The molecule has 0 bridgehead atoms. The largest absolute Gasteiger partial charge is 0.420 e. The molecule has 2 amide bonds. The first-order valence-electron chi connectivity index (χ1n) is 8.36. The van der Waals surface area contributed by atoms with Crippen molar-refractivity contribution in [3.8, 4) is 11.5 Å². The van der Waals surface area contributed by atoms with Gasteiger partial charge in [-0.15, -0.1) is 10.2 Å². The summed E-state index contributed by atoms with van der Waals surface area (Å²) < 4.78 is 18.7. The molecule has 1 saturated heterocycles. The van der Waals surface area contributed by atoms with E-state index in [0.29, 0.717) is 30.6 Å². The Morgan fingerprint density at radius 1 is 1.19 bits per heavy atom. The van der Waals surface area contributed by atoms with Crippen LogP contribution >= 0.6 is 11.3 Å². The zero-order valence-electron chi connectivity index (χ0n) is 13.9. The Bertz CT molecular complexity index is 871. The van der Waals surface area contributed by atoms with Gasteiger partial charge in [0.2, 0.25) is 11.8 Å². The molecular formula is C18H17FN4O2S. The number of carbonyl (C=O) groups is 1. The Morgan fingerprint density at radius 2 is 1.96 bits per heavy atom.